The Balaban J connectivity index is 1.23. The zero-order valence-electron chi connectivity index (χ0n) is 34.3. The highest BCUT2D eigenvalue weighted by Crippen LogP contribution is 2.66. The SMILES string of the molecule is CC1C(C)C(C)C2SC3C(SC2C1C)C(N(c1ccccc1)c1ccccc1)C1SC2C(C)C(C)C(C)C(C)C2SC1C3n1c2ccccc2c2ccccc21. The molecule has 5 aliphatic rings. The topological polar surface area (TPSA) is 8.17 Å². The summed E-state index contributed by atoms with van der Waals surface area (Å²) in [4.78, 5) is 2.85. The number of fused-ring (bicyclic) bond motifs is 7. The van der Waals surface area contributed by atoms with Crippen molar-refractivity contribution in [3.8, 4) is 0 Å². The number of para-hydroxylation sites is 4. The van der Waals surface area contributed by atoms with E-state index in [0.717, 1.165) is 23.7 Å². The summed E-state index contributed by atoms with van der Waals surface area (Å²) in [6.07, 6.45) is 0. The minimum Gasteiger partial charge on any atom is -0.336 e. The molecule has 0 bridgehead atoms. The van der Waals surface area contributed by atoms with Crippen molar-refractivity contribution < 1.29 is 0 Å². The van der Waals surface area contributed by atoms with Gasteiger partial charge < -0.3 is 9.47 Å². The highest BCUT2D eigenvalue weighted by atomic mass is 32.2. The highest BCUT2D eigenvalue weighted by molar-refractivity contribution is 8.09. The molecule has 5 aromatic rings. The molecular formula is C50H60N2S4. The summed E-state index contributed by atoms with van der Waals surface area (Å²) in [7, 11) is 0. The molecule has 2 saturated heterocycles. The van der Waals surface area contributed by atoms with Crippen LogP contribution in [-0.4, -0.2) is 52.6 Å². The van der Waals surface area contributed by atoms with Crippen LogP contribution in [0, 0.1) is 47.3 Å². The number of benzene rings is 4. The van der Waals surface area contributed by atoms with Gasteiger partial charge in [-0.2, -0.15) is 47.0 Å². The van der Waals surface area contributed by atoms with Gasteiger partial charge in [-0.15, -0.1) is 0 Å². The molecule has 0 spiro atoms. The van der Waals surface area contributed by atoms with E-state index in [9.17, 15) is 0 Å². The van der Waals surface area contributed by atoms with Gasteiger partial charge in [0.15, 0.2) is 0 Å². The molecule has 0 N–H and O–H groups in total. The molecule has 4 aromatic carbocycles. The summed E-state index contributed by atoms with van der Waals surface area (Å²) in [6, 6.07) is 42.6. The average molecular weight is 817 g/mol. The molecule has 56 heavy (non-hydrogen) atoms. The Morgan fingerprint density at radius 1 is 0.357 bits per heavy atom. The van der Waals surface area contributed by atoms with Crippen molar-refractivity contribution in [3.63, 3.8) is 0 Å². The molecule has 1 aromatic heterocycles. The van der Waals surface area contributed by atoms with Gasteiger partial charge in [-0.25, -0.2) is 0 Å². The third-order valence-electron chi connectivity index (χ3n) is 16.2. The van der Waals surface area contributed by atoms with E-state index in [1.165, 1.54) is 33.2 Å². The molecule has 0 amide bonds. The van der Waals surface area contributed by atoms with Crippen LogP contribution >= 0.6 is 47.0 Å². The minimum atomic E-state index is 0.352. The zero-order valence-corrected chi connectivity index (χ0v) is 37.6. The number of hydrogen-bond acceptors (Lipinski definition) is 5. The molecule has 2 nitrogen and oxygen atoms in total. The van der Waals surface area contributed by atoms with E-state index < -0.39 is 0 Å². The fraction of sp³-hybridized carbons (Fsp3) is 0.520. The van der Waals surface area contributed by atoms with Crippen molar-refractivity contribution in [1.82, 2.24) is 4.57 Å². The van der Waals surface area contributed by atoms with Gasteiger partial charge in [-0.1, -0.05) is 128 Å². The Morgan fingerprint density at radius 3 is 1.05 bits per heavy atom. The van der Waals surface area contributed by atoms with Crippen LogP contribution in [0.25, 0.3) is 21.8 Å². The summed E-state index contributed by atoms with van der Waals surface area (Å²) in [5, 5.41) is 7.28. The van der Waals surface area contributed by atoms with Crippen LogP contribution in [0.5, 0.6) is 0 Å². The van der Waals surface area contributed by atoms with E-state index in [-0.39, 0.29) is 0 Å². The van der Waals surface area contributed by atoms with E-state index in [4.69, 9.17) is 0 Å². The minimum absolute atomic E-state index is 0.352. The van der Waals surface area contributed by atoms with Gasteiger partial charge in [-0.05, 0) is 83.7 Å². The molecule has 0 radical (unpaired) electrons. The van der Waals surface area contributed by atoms with E-state index in [1.54, 1.807) is 0 Å². The molecule has 16 atom stereocenters. The van der Waals surface area contributed by atoms with Crippen molar-refractivity contribution in [1.29, 1.82) is 0 Å². The van der Waals surface area contributed by atoms with Gasteiger partial charge in [0, 0.05) is 75.2 Å². The first-order valence-electron chi connectivity index (χ1n) is 21.6. The summed E-state index contributed by atoms with van der Waals surface area (Å²) in [5.74, 6) is 5.68. The Kier molecular flexibility index (Phi) is 10.1. The highest BCUT2D eigenvalue weighted by Gasteiger charge is 2.64. The van der Waals surface area contributed by atoms with E-state index >= 15 is 0 Å². The van der Waals surface area contributed by atoms with Gasteiger partial charge in [-0.3, -0.25) is 0 Å². The van der Waals surface area contributed by atoms with Gasteiger partial charge in [0.05, 0.1) is 12.1 Å². The van der Waals surface area contributed by atoms with Crippen LogP contribution in [0.15, 0.2) is 109 Å². The summed E-state index contributed by atoms with van der Waals surface area (Å²) in [6.45, 7) is 20.7. The molecule has 2 aliphatic heterocycles. The molecule has 3 aliphatic carbocycles. The van der Waals surface area contributed by atoms with Crippen molar-refractivity contribution in [2.45, 2.75) is 109 Å². The van der Waals surface area contributed by atoms with E-state index in [1.807, 2.05) is 0 Å². The standard InChI is InChI=1S/C50H60N2S4/c1-27-29(3)33(7)45-43(31(27)5)53-47-41(51(35-19-11-9-12-20-35)36-21-13-10-14-22-36)48-50(56-46-34(8)30(4)28(2)32(6)44(46)54-48)42(49(47)55-45)52-39-25-17-15-23-37(39)38-24-16-18-26-40(38)52/h9-34,41-50H,1-8H3. The van der Waals surface area contributed by atoms with Crippen LogP contribution in [0.3, 0.4) is 0 Å². The predicted molar refractivity (Wildman–Crippen MR) is 251 cm³/mol. The molecule has 3 saturated carbocycles. The Hall–Kier alpha value is -2.12. The van der Waals surface area contributed by atoms with Crippen LogP contribution in [0.2, 0.25) is 0 Å². The van der Waals surface area contributed by atoms with Crippen molar-refractivity contribution >= 4 is 80.2 Å². The molecule has 3 heterocycles. The lowest BCUT2D eigenvalue weighted by Gasteiger charge is -2.64. The third kappa shape index (κ3) is 5.82. The summed E-state index contributed by atoms with van der Waals surface area (Å²) < 4.78 is 2.92. The van der Waals surface area contributed by atoms with Crippen molar-refractivity contribution in [2.75, 3.05) is 4.90 Å². The maximum atomic E-state index is 2.92. The average Bonchev–Trinajstić information content (AvgIpc) is 3.57. The Morgan fingerprint density at radius 2 is 0.679 bits per heavy atom. The van der Waals surface area contributed by atoms with Crippen molar-refractivity contribution in [3.05, 3.63) is 109 Å². The number of nitrogens with zero attached hydrogens (tertiary/aromatic N) is 2. The van der Waals surface area contributed by atoms with Crippen molar-refractivity contribution in [2.24, 2.45) is 47.3 Å². The lowest BCUT2D eigenvalue weighted by molar-refractivity contribution is 0.146. The molecule has 6 heteroatoms. The second-order valence-electron chi connectivity index (χ2n) is 18.6. The molecule has 10 rings (SSSR count). The number of anilines is 2. The number of thioether (sulfide) groups is 4. The van der Waals surface area contributed by atoms with E-state index in [2.05, 4.69) is 221 Å². The van der Waals surface area contributed by atoms with Crippen LogP contribution in [-0.2, 0) is 0 Å². The molecular weight excluding hydrogens is 757 g/mol. The first kappa shape index (κ1) is 38.1. The largest absolute Gasteiger partial charge is 0.336 e. The first-order chi connectivity index (χ1) is 27.2. The summed E-state index contributed by atoms with van der Waals surface area (Å²) in [5.41, 5.74) is 5.54. The molecule has 16 unspecified atom stereocenters. The monoisotopic (exact) mass is 816 g/mol. The Bertz CT molecular complexity index is 2020. The number of aromatic nitrogens is 1. The Labute approximate surface area is 353 Å². The summed E-state index contributed by atoms with van der Waals surface area (Å²) >= 11 is 9.78. The maximum absolute atomic E-state index is 2.92. The van der Waals surface area contributed by atoms with Crippen LogP contribution in [0.4, 0.5) is 11.4 Å². The van der Waals surface area contributed by atoms with E-state index in [0.29, 0.717) is 77.8 Å². The number of hydrogen-bond donors (Lipinski definition) is 0. The van der Waals surface area contributed by atoms with Gasteiger partial charge in [0.2, 0.25) is 0 Å². The molecule has 294 valence electrons. The maximum Gasteiger partial charge on any atom is 0.0603 e. The second kappa shape index (κ2) is 14.9. The smallest absolute Gasteiger partial charge is 0.0603 e. The third-order valence-corrected chi connectivity index (χ3v) is 24.6. The molecule has 5 fully saturated rings. The lowest BCUT2D eigenvalue weighted by atomic mass is 9.68. The normalized spacial score (nSPS) is 42.0. The van der Waals surface area contributed by atoms with Gasteiger partial charge in [0.25, 0.3) is 0 Å². The van der Waals surface area contributed by atoms with Gasteiger partial charge >= 0.3 is 0 Å². The lowest BCUT2D eigenvalue weighted by Crippen LogP contribution is -2.68. The zero-order chi connectivity index (χ0) is 38.6. The predicted octanol–water partition coefficient (Wildman–Crippen LogP) is 13.6. The van der Waals surface area contributed by atoms with Crippen LogP contribution < -0.4 is 4.90 Å². The van der Waals surface area contributed by atoms with Gasteiger partial charge in [0.1, 0.15) is 0 Å². The fourth-order valence-corrected chi connectivity index (χ4v) is 22.0. The first-order valence-corrected chi connectivity index (χ1v) is 25.4. The number of rotatable bonds is 4. The van der Waals surface area contributed by atoms with Crippen LogP contribution in [0.1, 0.15) is 61.4 Å². The fourth-order valence-electron chi connectivity index (χ4n) is 12.2. The second-order valence-corrected chi connectivity index (χ2v) is 24.0. The quantitative estimate of drug-likeness (QED) is 0.178.